The molecule has 4 nitrogen and oxygen atoms in total. The average Bonchev–Trinajstić information content (AvgIpc) is 2.30. The predicted molar refractivity (Wildman–Crippen MR) is 70.9 cm³/mol. The van der Waals surface area contributed by atoms with Crippen LogP contribution in [0.3, 0.4) is 0 Å². The highest BCUT2D eigenvalue weighted by molar-refractivity contribution is 5.66. The molecule has 1 rings (SSSR count). The molecule has 0 amide bonds. The number of carboxylic acids is 1. The van der Waals surface area contributed by atoms with Crippen molar-refractivity contribution in [1.82, 2.24) is 0 Å². The predicted octanol–water partition coefficient (Wildman–Crippen LogP) is 2.57. The highest BCUT2D eigenvalue weighted by atomic mass is 16.5. The van der Waals surface area contributed by atoms with Crippen LogP contribution in [0, 0.1) is 13.8 Å². The lowest BCUT2D eigenvalue weighted by molar-refractivity contribution is -0.137. The molecule has 0 aliphatic carbocycles. The largest absolute Gasteiger partial charge is 0.496 e. The van der Waals surface area contributed by atoms with E-state index < -0.39 is 5.97 Å². The van der Waals surface area contributed by atoms with Gasteiger partial charge in [0.25, 0.3) is 0 Å². The number of aliphatic carboxylic acids is 1. The number of ether oxygens (including phenoxy) is 1. The highest BCUT2D eigenvalue weighted by Gasteiger charge is 2.12. The molecule has 18 heavy (non-hydrogen) atoms. The lowest BCUT2D eigenvalue weighted by Gasteiger charge is -2.17. The van der Waals surface area contributed by atoms with Crippen molar-refractivity contribution >= 4 is 5.97 Å². The fraction of sp³-hybridized carbons (Fsp3) is 0.500. The van der Waals surface area contributed by atoms with Crippen LogP contribution < -0.4 is 10.5 Å². The van der Waals surface area contributed by atoms with E-state index in [2.05, 4.69) is 0 Å². The molecule has 0 aliphatic heterocycles. The minimum absolute atomic E-state index is 0.117. The molecule has 1 atom stereocenters. The van der Waals surface area contributed by atoms with Crippen molar-refractivity contribution in [3.8, 4) is 5.75 Å². The Labute approximate surface area is 108 Å². The number of nitrogens with two attached hydrogens (primary N) is 1. The van der Waals surface area contributed by atoms with Crippen molar-refractivity contribution in [2.45, 2.75) is 39.2 Å². The number of hydrogen-bond acceptors (Lipinski definition) is 3. The topological polar surface area (TPSA) is 72.5 Å². The van der Waals surface area contributed by atoms with Crippen LogP contribution in [0.5, 0.6) is 5.75 Å². The van der Waals surface area contributed by atoms with E-state index in [0.29, 0.717) is 12.8 Å². The van der Waals surface area contributed by atoms with Crippen molar-refractivity contribution < 1.29 is 14.6 Å². The number of carbonyl (C=O) groups is 1. The third kappa shape index (κ3) is 3.74. The van der Waals surface area contributed by atoms with Gasteiger partial charge in [-0.3, -0.25) is 4.79 Å². The molecular weight excluding hydrogens is 230 g/mol. The summed E-state index contributed by atoms with van der Waals surface area (Å²) in [4.78, 5) is 10.5. The zero-order valence-corrected chi connectivity index (χ0v) is 11.2. The van der Waals surface area contributed by atoms with Crippen molar-refractivity contribution in [3.63, 3.8) is 0 Å². The third-order valence-electron chi connectivity index (χ3n) is 3.09. The molecule has 0 radical (unpaired) electrons. The van der Waals surface area contributed by atoms with Gasteiger partial charge in [0.05, 0.1) is 7.11 Å². The number of hydrogen-bond donors (Lipinski definition) is 2. The fourth-order valence-corrected chi connectivity index (χ4v) is 2.06. The molecule has 3 N–H and O–H groups in total. The van der Waals surface area contributed by atoms with Crippen molar-refractivity contribution in [2.24, 2.45) is 5.73 Å². The minimum Gasteiger partial charge on any atom is -0.496 e. The second kappa shape index (κ2) is 6.40. The first-order valence-electron chi connectivity index (χ1n) is 6.08. The summed E-state index contributed by atoms with van der Waals surface area (Å²) in [6, 6.07) is 3.88. The van der Waals surface area contributed by atoms with Crippen LogP contribution in [-0.4, -0.2) is 18.2 Å². The van der Waals surface area contributed by atoms with Crippen molar-refractivity contribution in [3.05, 3.63) is 28.8 Å². The van der Waals surface area contributed by atoms with Gasteiger partial charge in [-0.15, -0.1) is 0 Å². The monoisotopic (exact) mass is 251 g/mol. The Bertz CT molecular complexity index is 429. The molecule has 1 aromatic rings. The van der Waals surface area contributed by atoms with Gasteiger partial charge in [-0.25, -0.2) is 0 Å². The van der Waals surface area contributed by atoms with Crippen LogP contribution in [0.2, 0.25) is 0 Å². The molecule has 0 spiro atoms. The molecular formula is C14H21NO3. The second-order valence-corrected chi connectivity index (χ2v) is 4.57. The smallest absolute Gasteiger partial charge is 0.303 e. The summed E-state index contributed by atoms with van der Waals surface area (Å²) >= 11 is 0. The number of methoxy groups -OCH3 is 1. The fourth-order valence-electron chi connectivity index (χ4n) is 2.06. The summed E-state index contributed by atoms with van der Waals surface area (Å²) in [5, 5.41) is 8.61. The van der Waals surface area contributed by atoms with Crippen LogP contribution in [-0.2, 0) is 4.79 Å². The van der Waals surface area contributed by atoms with Gasteiger partial charge in [0.2, 0.25) is 0 Å². The second-order valence-electron chi connectivity index (χ2n) is 4.57. The minimum atomic E-state index is -0.773. The number of aryl methyl sites for hydroxylation is 2. The summed E-state index contributed by atoms with van der Waals surface area (Å²) in [6.45, 7) is 3.97. The molecule has 0 saturated carbocycles. The Morgan fingerprint density at radius 1 is 1.39 bits per heavy atom. The zero-order valence-electron chi connectivity index (χ0n) is 11.2. The van der Waals surface area contributed by atoms with E-state index in [0.717, 1.165) is 22.4 Å². The van der Waals surface area contributed by atoms with Gasteiger partial charge in [0, 0.05) is 12.5 Å². The molecule has 1 aromatic carbocycles. The van der Waals surface area contributed by atoms with E-state index in [-0.39, 0.29) is 12.5 Å². The zero-order chi connectivity index (χ0) is 13.7. The summed E-state index contributed by atoms with van der Waals surface area (Å²) < 4.78 is 5.25. The van der Waals surface area contributed by atoms with Crippen LogP contribution in [0.15, 0.2) is 12.1 Å². The molecule has 0 heterocycles. The lowest BCUT2D eigenvalue weighted by atomic mass is 9.95. The van der Waals surface area contributed by atoms with Gasteiger partial charge < -0.3 is 15.6 Å². The molecule has 0 bridgehead atoms. The molecule has 0 saturated heterocycles. The van der Waals surface area contributed by atoms with E-state index in [9.17, 15) is 4.79 Å². The molecule has 0 aromatic heterocycles. The summed E-state index contributed by atoms with van der Waals surface area (Å²) in [5.41, 5.74) is 9.31. The lowest BCUT2D eigenvalue weighted by Crippen LogP contribution is -2.13. The van der Waals surface area contributed by atoms with E-state index in [1.807, 2.05) is 26.0 Å². The Kier molecular flexibility index (Phi) is 5.16. The Morgan fingerprint density at radius 2 is 2.06 bits per heavy atom. The number of rotatable bonds is 6. The van der Waals surface area contributed by atoms with Crippen molar-refractivity contribution in [1.29, 1.82) is 0 Å². The van der Waals surface area contributed by atoms with Crippen LogP contribution in [0.4, 0.5) is 0 Å². The van der Waals surface area contributed by atoms with E-state index in [1.165, 1.54) is 0 Å². The molecule has 0 fully saturated rings. The maximum absolute atomic E-state index is 10.5. The molecule has 0 aliphatic rings. The van der Waals surface area contributed by atoms with Gasteiger partial charge in [-0.05, 0) is 49.4 Å². The van der Waals surface area contributed by atoms with Gasteiger partial charge in [0.15, 0.2) is 0 Å². The number of benzene rings is 1. The molecule has 4 heteroatoms. The Hall–Kier alpha value is -1.55. The number of carboxylic acid groups (broad SMARTS) is 1. The maximum Gasteiger partial charge on any atom is 0.303 e. The van der Waals surface area contributed by atoms with E-state index in [1.54, 1.807) is 7.11 Å². The van der Waals surface area contributed by atoms with Crippen LogP contribution in [0.1, 0.15) is 42.0 Å². The van der Waals surface area contributed by atoms with Gasteiger partial charge >= 0.3 is 5.97 Å². The van der Waals surface area contributed by atoms with Gasteiger partial charge in [0.1, 0.15) is 5.75 Å². The third-order valence-corrected chi connectivity index (χ3v) is 3.09. The Morgan fingerprint density at radius 3 is 2.61 bits per heavy atom. The normalized spacial score (nSPS) is 12.2. The summed E-state index contributed by atoms with van der Waals surface area (Å²) in [5.74, 6) is 0.0822. The van der Waals surface area contributed by atoms with Gasteiger partial charge in [-0.1, -0.05) is 6.07 Å². The van der Waals surface area contributed by atoms with E-state index >= 15 is 0 Å². The quantitative estimate of drug-likeness (QED) is 0.815. The summed E-state index contributed by atoms with van der Waals surface area (Å²) in [7, 11) is 1.65. The maximum atomic E-state index is 10.5. The van der Waals surface area contributed by atoms with E-state index in [4.69, 9.17) is 15.6 Å². The average molecular weight is 251 g/mol. The molecule has 100 valence electrons. The van der Waals surface area contributed by atoms with Crippen molar-refractivity contribution in [2.75, 3.05) is 7.11 Å². The van der Waals surface area contributed by atoms with Crippen LogP contribution >= 0.6 is 0 Å². The first-order chi connectivity index (χ1) is 8.45. The first kappa shape index (κ1) is 14.5. The molecule has 1 unspecified atom stereocenters. The highest BCUT2D eigenvalue weighted by Crippen LogP contribution is 2.27. The SMILES string of the molecule is COc1cc(C)c(C(N)CCCC(=O)O)cc1C. The standard InChI is InChI=1S/C14H21NO3/c1-9-8-13(18-3)10(2)7-11(9)12(15)5-4-6-14(16)17/h7-8,12H,4-6,15H2,1-3H3,(H,16,17). The van der Waals surface area contributed by atoms with Crippen LogP contribution in [0.25, 0.3) is 0 Å². The first-order valence-corrected chi connectivity index (χ1v) is 6.08. The summed E-state index contributed by atoms with van der Waals surface area (Å²) in [6.07, 6.45) is 1.45. The Balaban J connectivity index is 2.76. The van der Waals surface area contributed by atoms with Gasteiger partial charge in [-0.2, -0.15) is 0 Å².